The Hall–Kier alpha value is -2.33. The van der Waals surface area contributed by atoms with Crippen LogP contribution in [0.5, 0.6) is 5.75 Å². The second-order valence-electron chi connectivity index (χ2n) is 4.29. The summed E-state index contributed by atoms with van der Waals surface area (Å²) < 4.78 is 5.33. The molecule has 0 radical (unpaired) electrons. The van der Waals surface area contributed by atoms with E-state index in [0.29, 0.717) is 22.4 Å². The second-order valence-corrected chi connectivity index (χ2v) is 4.73. The molecule has 0 bridgehead atoms. The first-order valence-electron chi connectivity index (χ1n) is 6.05. The van der Waals surface area contributed by atoms with Crippen LogP contribution in [0.25, 0.3) is 22.3 Å². The summed E-state index contributed by atoms with van der Waals surface area (Å²) in [6.07, 6.45) is 0. The van der Waals surface area contributed by atoms with Crippen LogP contribution in [0.15, 0.2) is 42.5 Å². The van der Waals surface area contributed by atoms with Gasteiger partial charge in [-0.15, -0.1) is 0 Å². The van der Waals surface area contributed by atoms with Gasteiger partial charge < -0.3 is 10.5 Å². The highest BCUT2D eigenvalue weighted by Gasteiger charge is 2.12. The summed E-state index contributed by atoms with van der Waals surface area (Å²) >= 11 is 5.96. The normalized spacial score (nSPS) is 10.7. The maximum atomic E-state index is 6.00. The highest BCUT2D eigenvalue weighted by atomic mass is 35.5. The predicted octanol–water partition coefficient (Wildman–Crippen LogP) is 3.54. The Balaban J connectivity index is 2.25. The van der Waals surface area contributed by atoms with Gasteiger partial charge in [-0.25, -0.2) is 9.97 Å². The van der Waals surface area contributed by atoms with Gasteiger partial charge in [0.1, 0.15) is 11.6 Å². The molecule has 2 aromatic carbocycles. The molecule has 5 heteroatoms. The lowest BCUT2D eigenvalue weighted by Gasteiger charge is -2.09. The number of benzene rings is 2. The number of ether oxygens (including phenoxy) is 1. The Morgan fingerprint density at radius 3 is 2.70 bits per heavy atom. The SMILES string of the molecule is COc1cc(Cl)ccc1-c1nc(N)c2ccccc2n1. The molecule has 2 N–H and O–H groups in total. The summed E-state index contributed by atoms with van der Waals surface area (Å²) in [5.74, 6) is 1.59. The van der Waals surface area contributed by atoms with Crippen LogP contribution in [0.1, 0.15) is 0 Å². The molecule has 3 aromatic rings. The number of hydrogen-bond donors (Lipinski definition) is 1. The van der Waals surface area contributed by atoms with Crippen LogP contribution in [-0.2, 0) is 0 Å². The zero-order valence-corrected chi connectivity index (χ0v) is 11.6. The van der Waals surface area contributed by atoms with Crippen molar-refractivity contribution < 1.29 is 4.74 Å². The predicted molar refractivity (Wildman–Crippen MR) is 80.9 cm³/mol. The summed E-state index contributed by atoms with van der Waals surface area (Å²) in [6.45, 7) is 0. The zero-order chi connectivity index (χ0) is 14.1. The number of fused-ring (bicyclic) bond motifs is 1. The van der Waals surface area contributed by atoms with Gasteiger partial charge in [-0.05, 0) is 30.3 Å². The Morgan fingerprint density at radius 2 is 1.90 bits per heavy atom. The Labute approximate surface area is 121 Å². The van der Waals surface area contributed by atoms with Gasteiger partial charge in [0.25, 0.3) is 0 Å². The monoisotopic (exact) mass is 285 g/mol. The summed E-state index contributed by atoms with van der Waals surface area (Å²) in [5.41, 5.74) is 7.55. The van der Waals surface area contributed by atoms with Gasteiger partial charge in [-0.2, -0.15) is 0 Å². The zero-order valence-electron chi connectivity index (χ0n) is 10.8. The van der Waals surface area contributed by atoms with Gasteiger partial charge >= 0.3 is 0 Å². The minimum atomic E-state index is 0.447. The van der Waals surface area contributed by atoms with Crippen molar-refractivity contribution in [3.63, 3.8) is 0 Å². The number of para-hydroxylation sites is 1. The first-order chi connectivity index (χ1) is 9.69. The van der Waals surface area contributed by atoms with Gasteiger partial charge in [0.15, 0.2) is 5.82 Å². The van der Waals surface area contributed by atoms with Gasteiger partial charge in [-0.3, -0.25) is 0 Å². The van der Waals surface area contributed by atoms with Crippen molar-refractivity contribution >= 4 is 28.3 Å². The molecule has 0 unspecified atom stereocenters. The van der Waals surface area contributed by atoms with Crippen LogP contribution in [0, 0.1) is 0 Å². The third kappa shape index (κ3) is 2.14. The van der Waals surface area contributed by atoms with Crippen LogP contribution in [-0.4, -0.2) is 17.1 Å². The van der Waals surface area contributed by atoms with E-state index in [-0.39, 0.29) is 0 Å². The van der Waals surface area contributed by atoms with E-state index in [0.717, 1.165) is 16.5 Å². The fourth-order valence-corrected chi connectivity index (χ4v) is 2.23. The molecule has 1 aromatic heterocycles. The number of methoxy groups -OCH3 is 1. The van der Waals surface area contributed by atoms with E-state index in [1.165, 1.54) is 0 Å². The van der Waals surface area contributed by atoms with Crippen molar-refractivity contribution in [2.75, 3.05) is 12.8 Å². The number of hydrogen-bond acceptors (Lipinski definition) is 4. The van der Waals surface area contributed by atoms with E-state index >= 15 is 0 Å². The standard InChI is InChI=1S/C15H12ClN3O/c1-20-13-8-9(16)6-7-11(13)15-18-12-5-3-2-4-10(12)14(17)19-15/h2-8H,1H3,(H2,17,18,19). The van der Waals surface area contributed by atoms with E-state index in [1.54, 1.807) is 19.2 Å². The molecule has 0 saturated carbocycles. The number of rotatable bonds is 2. The fourth-order valence-electron chi connectivity index (χ4n) is 2.07. The van der Waals surface area contributed by atoms with E-state index in [9.17, 15) is 0 Å². The van der Waals surface area contributed by atoms with Gasteiger partial charge in [0.05, 0.1) is 18.2 Å². The number of anilines is 1. The molecular formula is C15H12ClN3O. The van der Waals surface area contributed by atoms with E-state index in [4.69, 9.17) is 22.1 Å². The van der Waals surface area contributed by atoms with Crippen molar-refractivity contribution in [1.29, 1.82) is 0 Å². The van der Waals surface area contributed by atoms with Gasteiger partial charge in [-0.1, -0.05) is 23.7 Å². The minimum absolute atomic E-state index is 0.447. The highest BCUT2D eigenvalue weighted by molar-refractivity contribution is 6.30. The molecule has 0 aliphatic rings. The Morgan fingerprint density at radius 1 is 1.10 bits per heavy atom. The topological polar surface area (TPSA) is 61.0 Å². The molecule has 100 valence electrons. The number of nitrogens with two attached hydrogens (primary N) is 1. The van der Waals surface area contributed by atoms with E-state index < -0.39 is 0 Å². The number of nitrogens with zero attached hydrogens (tertiary/aromatic N) is 2. The fraction of sp³-hybridized carbons (Fsp3) is 0.0667. The molecule has 0 fully saturated rings. The van der Waals surface area contributed by atoms with Crippen molar-refractivity contribution in [3.05, 3.63) is 47.5 Å². The van der Waals surface area contributed by atoms with Gasteiger partial charge in [0.2, 0.25) is 0 Å². The first kappa shape index (κ1) is 12.7. The summed E-state index contributed by atoms with van der Waals surface area (Å²) in [7, 11) is 1.58. The molecule has 0 spiro atoms. The maximum absolute atomic E-state index is 6.00. The third-order valence-electron chi connectivity index (χ3n) is 3.04. The van der Waals surface area contributed by atoms with Crippen LogP contribution < -0.4 is 10.5 Å². The van der Waals surface area contributed by atoms with Crippen molar-refractivity contribution in [3.8, 4) is 17.1 Å². The van der Waals surface area contributed by atoms with Gasteiger partial charge in [0, 0.05) is 10.4 Å². The van der Waals surface area contributed by atoms with Crippen molar-refractivity contribution in [1.82, 2.24) is 9.97 Å². The Kier molecular flexibility index (Phi) is 3.16. The lowest BCUT2D eigenvalue weighted by atomic mass is 10.1. The second kappa shape index (κ2) is 4.98. The van der Waals surface area contributed by atoms with E-state index in [2.05, 4.69) is 9.97 Å². The number of nitrogen functional groups attached to an aromatic ring is 1. The average Bonchev–Trinajstić information content (AvgIpc) is 2.47. The van der Waals surface area contributed by atoms with Crippen LogP contribution in [0.3, 0.4) is 0 Å². The minimum Gasteiger partial charge on any atom is -0.496 e. The number of halogens is 1. The molecule has 0 amide bonds. The largest absolute Gasteiger partial charge is 0.496 e. The molecule has 4 nitrogen and oxygen atoms in total. The van der Waals surface area contributed by atoms with Crippen LogP contribution in [0.2, 0.25) is 5.02 Å². The van der Waals surface area contributed by atoms with E-state index in [1.807, 2.05) is 30.3 Å². The summed E-state index contributed by atoms with van der Waals surface area (Å²) in [5, 5.41) is 1.43. The Bertz CT molecular complexity index is 789. The third-order valence-corrected chi connectivity index (χ3v) is 3.27. The molecule has 0 aliphatic carbocycles. The first-order valence-corrected chi connectivity index (χ1v) is 6.43. The molecule has 1 heterocycles. The van der Waals surface area contributed by atoms with Crippen molar-refractivity contribution in [2.45, 2.75) is 0 Å². The molecule has 0 aliphatic heterocycles. The van der Waals surface area contributed by atoms with Crippen LogP contribution >= 0.6 is 11.6 Å². The molecule has 0 saturated heterocycles. The molecule has 0 atom stereocenters. The average molecular weight is 286 g/mol. The highest BCUT2D eigenvalue weighted by Crippen LogP contribution is 2.32. The molecule has 20 heavy (non-hydrogen) atoms. The smallest absolute Gasteiger partial charge is 0.165 e. The maximum Gasteiger partial charge on any atom is 0.165 e. The lowest BCUT2D eigenvalue weighted by molar-refractivity contribution is 0.416. The molecular weight excluding hydrogens is 274 g/mol. The summed E-state index contributed by atoms with van der Waals surface area (Å²) in [6, 6.07) is 12.9. The molecule has 3 rings (SSSR count). The van der Waals surface area contributed by atoms with Crippen LogP contribution in [0.4, 0.5) is 5.82 Å². The number of aromatic nitrogens is 2. The summed E-state index contributed by atoms with van der Waals surface area (Å²) in [4.78, 5) is 8.88. The lowest BCUT2D eigenvalue weighted by Crippen LogP contribution is -1.99. The quantitative estimate of drug-likeness (QED) is 0.782. The van der Waals surface area contributed by atoms with Crippen molar-refractivity contribution in [2.24, 2.45) is 0 Å².